The fraction of sp³-hybridized carbons (Fsp3) is 0.273. The van der Waals surface area contributed by atoms with E-state index in [4.69, 9.17) is 16.7 Å². The summed E-state index contributed by atoms with van der Waals surface area (Å²) in [5.74, 6) is -1.80. The number of carboxylic acid groups (broad SMARTS) is 1. The van der Waals surface area contributed by atoms with Gasteiger partial charge in [-0.1, -0.05) is 11.6 Å². The van der Waals surface area contributed by atoms with Crippen LogP contribution in [0.5, 0.6) is 0 Å². The van der Waals surface area contributed by atoms with E-state index in [2.05, 4.69) is 9.46 Å². The van der Waals surface area contributed by atoms with Gasteiger partial charge in [-0.3, -0.25) is 4.79 Å². The number of sulfonamides is 1. The maximum Gasteiger partial charge on any atom is 0.337 e. The Morgan fingerprint density at radius 2 is 2.05 bits per heavy atom. The van der Waals surface area contributed by atoms with Crippen molar-refractivity contribution in [1.29, 1.82) is 0 Å². The summed E-state index contributed by atoms with van der Waals surface area (Å²) in [5, 5.41) is 8.60. The van der Waals surface area contributed by atoms with Gasteiger partial charge in [-0.15, -0.1) is 0 Å². The van der Waals surface area contributed by atoms with Crippen LogP contribution >= 0.6 is 11.6 Å². The van der Waals surface area contributed by atoms with E-state index >= 15 is 0 Å². The molecule has 0 aliphatic carbocycles. The number of esters is 1. The number of carboxylic acids is 1. The maximum absolute atomic E-state index is 11.9. The molecule has 0 aliphatic heterocycles. The molecule has 0 spiro atoms. The van der Waals surface area contributed by atoms with Crippen LogP contribution in [0.1, 0.15) is 16.8 Å². The SMILES string of the molecule is COC(=O)CCNS(=O)(=O)c1ccc(C(=O)O)c(Cl)c1. The Balaban J connectivity index is 2.85. The normalized spacial score (nSPS) is 11.1. The van der Waals surface area contributed by atoms with Crippen LogP contribution < -0.4 is 4.72 Å². The Hall–Kier alpha value is -1.64. The Kier molecular flexibility index (Phi) is 5.49. The highest BCUT2D eigenvalue weighted by Crippen LogP contribution is 2.20. The minimum absolute atomic E-state index is 0.114. The van der Waals surface area contributed by atoms with E-state index in [-0.39, 0.29) is 28.4 Å². The Morgan fingerprint density at radius 3 is 2.55 bits per heavy atom. The quantitative estimate of drug-likeness (QED) is 0.753. The molecule has 0 saturated carbocycles. The molecule has 1 aromatic carbocycles. The highest BCUT2D eigenvalue weighted by atomic mass is 35.5. The van der Waals surface area contributed by atoms with Crippen molar-refractivity contribution in [3.8, 4) is 0 Å². The van der Waals surface area contributed by atoms with Crippen LogP contribution in [0.25, 0.3) is 0 Å². The lowest BCUT2D eigenvalue weighted by atomic mass is 10.2. The van der Waals surface area contributed by atoms with Gasteiger partial charge in [-0.2, -0.15) is 0 Å². The molecule has 0 aliphatic rings. The second-order valence-electron chi connectivity index (χ2n) is 3.67. The van der Waals surface area contributed by atoms with Crippen molar-refractivity contribution in [2.45, 2.75) is 11.3 Å². The molecule has 0 atom stereocenters. The van der Waals surface area contributed by atoms with Gasteiger partial charge in [0.2, 0.25) is 10.0 Å². The minimum atomic E-state index is -3.86. The van der Waals surface area contributed by atoms with Crippen LogP contribution in [0, 0.1) is 0 Å². The maximum atomic E-state index is 11.9. The number of nitrogens with one attached hydrogen (secondary N) is 1. The molecule has 0 saturated heterocycles. The zero-order valence-corrected chi connectivity index (χ0v) is 12.0. The van der Waals surface area contributed by atoms with Gasteiger partial charge in [0.1, 0.15) is 0 Å². The molecule has 0 bridgehead atoms. The van der Waals surface area contributed by atoms with E-state index in [1.807, 2.05) is 0 Å². The van der Waals surface area contributed by atoms with E-state index < -0.39 is 22.0 Å². The first-order valence-electron chi connectivity index (χ1n) is 5.37. The summed E-state index contributed by atoms with van der Waals surface area (Å²) in [7, 11) is -2.67. The number of methoxy groups -OCH3 is 1. The molecule has 20 heavy (non-hydrogen) atoms. The molecule has 0 amide bonds. The van der Waals surface area contributed by atoms with Crippen molar-refractivity contribution in [1.82, 2.24) is 4.72 Å². The summed E-state index contributed by atoms with van der Waals surface area (Å²) < 4.78 is 30.3. The number of carbonyl (C=O) groups is 2. The molecular weight excluding hydrogens is 310 g/mol. The third-order valence-electron chi connectivity index (χ3n) is 2.33. The molecule has 0 heterocycles. The van der Waals surface area contributed by atoms with Gasteiger partial charge in [-0.25, -0.2) is 17.9 Å². The molecule has 0 unspecified atom stereocenters. The second kappa shape index (κ2) is 6.69. The van der Waals surface area contributed by atoms with Gasteiger partial charge in [0.25, 0.3) is 0 Å². The largest absolute Gasteiger partial charge is 0.478 e. The van der Waals surface area contributed by atoms with Crippen molar-refractivity contribution in [2.24, 2.45) is 0 Å². The fourth-order valence-corrected chi connectivity index (χ4v) is 2.69. The predicted octanol–water partition coefficient (Wildman–Crippen LogP) is 0.880. The number of ether oxygens (including phenoxy) is 1. The van der Waals surface area contributed by atoms with E-state index in [9.17, 15) is 18.0 Å². The fourth-order valence-electron chi connectivity index (χ4n) is 1.31. The zero-order valence-electron chi connectivity index (χ0n) is 10.4. The van der Waals surface area contributed by atoms with E-state index in [0.29, 0.717) is 0 Å². The van der Waals surface area contributed by atoms with Crippen LogP contribution in [-0.4, -0.2) is 39.1 Å². The van der Waals surface area contributed by atoms with Crippen molar-refractivity contribution >= 4 is 33.6 Å². The molecule has 1 rings (SSSR count). The number of aromatic carboxylic acids is 1. The molecule has 110 valence electrons. The molecular formula is C11H12ClNO6S. The second-order valence-corrected chi connectivity index (χ2v) is 5.84. The molecule has 0 aromatic heterocycles. The lowest BCUT2D eigenvalue weighted by Gasteiger charge is -2.07. The summed E-state index contributed by atoms with van der Waals surface area (Å²) in [4.78, 5) is 21.4. The van der Waals surface area contributed by atoms with E-state index in [1.54, 1.807) is 0 Å². The number of hydrogen-bond acceptors (Lipinski definition) is 5. The average Bonchev–Trinajstić information content (AvgIpc) is 2.37. The predicted molar refractivity (Wildman–Crippen MR) is 70.2 cm³/mol. The minimum Gasteiger partial charge on any atom is -0.478 e. The van der Waals surface area contributed by atoms with Gasteiger partial charge in [0, 0.05) is 6.54 Å². The molecule has 0 radical (unpaired) electrons. The Labute approximate surface area is 120 Å². The lowest BCUT2D eigenvalue weighted by molar-refractivity contribution is -0.140. The third kappa shape index (κ3) is 4.19. The van der Waals surface area contributed by atoms with Gasteiger partial charge in [0.05, 0.1) is 29.0 Å². The highest BCUT2D eigenvalue weighted by Gasteiger charge is 2.17. The van der Waals surface area contributed by atoms with E-state index in [0.717, 1.165) is 18.2 Å². The van der Waals surface area contributed by atoms with Crippen LogP contribution in [0.15, 0.2) is 23.1 Å². The molecule has 0 fully saturated rings. The van der Waals surface area contributed by atoms with Gasteiger partial charge in [-0.05, 0) is 18.2 Å². The van der Waals surface area contributed by atoms with Crippen LogP contribution in [-0.2, 0) is 19.6 Å². The first-order valence-corrected chi connectivity index (χ1v) is 7.23. The average molecular weight is 322 g/mol. The van der Waals surface area contributed by atoms with Crippen molar-refractivity contribution < 1.29 is 27.9 Å². The van der Waals surface area contributed by atoms with Crippen LogP contribution in [0.4, 0.5) is 0 Å². The number of carbonyl (C=O) groups excluding carboxylic acids is 1. The lowest BCUT2D eigenvalue weighted by Crippen LogP contribution is -2.26. The topological polar surface area (TPSA) is 110 Å². The molecule has 7 nitrogen and oxygen atoms in total. The smallest absolute Gasteiger partial charge is 0.337 e. The van der Waals surface area contributed by atoms with Gasteiger partial charge < -0.3 is 9.84 Å². The monoisotopic (exact) mass is 321 g/mol. The number of halogens is 1. The van der Waals surface area contributed by atoms with Crippen molar-refractivity contribution in [3.63, 3.8) is 0 Å². The summed E-state index contributed by atoms with van der Waals surface area (Å²) in [6.45, 7) is -0.132. The summed E-state index contributed by atoms with van der Waals surface area (Å²) in [6.07, 6.45) is -0.114. The van der Waals surface area contributed by atoms with Gasteiger partial charge >= 0.3 is 11.9 Å². The zero-order chi connectivity index (χ0) is 15.3. The van der Waals surface area contributed by atoms with E-state index in [1.165, 1.54) is 7.11 Å². The Morgan fingerprint density at radius 1 is 1.40 bits per heavy atom. The standard InChI is InChI=1S/C11H12ClNO6S/c1-19-10(14)4-5-13-20(17,18)7-2-3-8(11(15)16)9(12)6-7/h2-3,6,13H,4-5H2,1H3,(H,15,16). The molecule has 9 heteroatoms. The first kappa shape index (κ1) is 16.4. The summed E-state index contributed by atoms with van der Waals surface area (Å²) >= 11 is 5.69. The van der Waals surface area contributed by atoms with Gasteiger partial charge in [0.15, 0.2) is 0 Å². The number of benzene rings is 1. The third-order valence-corrected chi connectivity index (χ3v) is 4.10. The Bertz CT molecular complexity index is 628. The molecule has 1 aromatic rings. The summed E-state index contributed by atoms with van der Waals surface area (Å²) in [6, 6.07) is 3.25. The first-order chi connectivity index (χ1) is 9.27. The van der Waals surface area contributed by atoms with Crippen molar-refractivity contribution in [2.75, 3.05) is 13.7 Å². The van der Waals surface area contributed by atoms with Crippen LogP contribution in [0.2, 0.25) is 5.02 Å². The molecule has 2 N–H and O–H groups in total. The highest BCUT2D eigenvalue weighted by molar-refractivity contribution is 7.89. The summed E-state index contributed by atoms with van der Waals surface area (Å²) in [5.41, 5.74) is -0.194. The van der Waals surface area contributed by atoms with Crippen LogP contribution in [0.3, 0.4) is 0 Å². The van der Waals surface area contributed by atoms with Crippen molar-refractivity contribution in [3.05, 3.63) is 28.8 Å². The number of rotatable bonds is 6. The number of hydrogen-bond donors (Lipinski definition) is 2.